The molecule has 2 N–H and O–H groups in total. The number of carbonyl (C=O) groups excluding carboxylic acids is 1. The average Bonchev–Trinajstić information content (AvgIpc) is 3.34. The zero-order chi connectivity index (χ0) is 25.1. The van der Waals surface area contributed by atoms with Crippen molar-refractivity contribution in [3.8, 4) is 17.0 Å². The van der Waals surface area contributed by atoms with Crippen LogP contribution in [0.25, 0.3) is 11.3 Å². The van der Waals surface area contributed by atoms with Crippen molar-refractivity contribution in [2.75, 3.05) is 17.7 Å². The molecule has 0 unspecified atom stereocenters. The van der Waals surface area contributed by atoms with Crippen LogP contribution in [0.3, 0.4) is 0 Å². The van der Waals surface area contributed by atoms with E-state index < -0.39 is 11.7 Å². The van der Waals surface area contributed by atoms with Crippen molar-refractivity contribution in [3.05, 3.63) is 77.0 Å². The van der Waals surface area contributed by atoms with Gasteiger partial charge in [-0.2, -0.15) is 5.10 Å². The first-order valence-electron chi connectivity index (χ1n) is 10.9. The standard InChI is InChI=1S/C25H24ClFN6O2/c1-14(2)33-13-17(11-29-33)23-18(26)12-28-25(32-23)31-19-9-8-16(10-21(19)35-4)24(34)30-20-7-5-6-15(3)22(20)27/h5-14H,1-4H3,(H,30,34)(H,28,31,32). The lowest BCUT2D eigenvalue weighted by Gasteiger charge is -2.13. The molecule has 2 aromatic carbocycles. The summed E-state index contributed by atoms with van der Waals surface area (Å²) in [6.07, 6.45) is 5.07. The topological polar surface area (TPSA) is 94.0 Å². The molecule has 0 aliphatic heterocycles. The summed E-state index contributed by atoms with van der Waals surface area (Å²) in [5, 5.41) is 10.4. The predicted octanol–water partition coefficient (Wildman–Crippen LogP) is 6.03. The van der Waals surface area contributed by atoms with Gasteiger partial charge in [-0.05, 0) is 50.6 Å². The molecule has 35 heavy (non-hydrogen) atoms. The van der Waals surface area contributed by atoms with Gasteiger partial charge >= 0.3 is 0 Å². The van der Waals surface area contributed by atoms with Crippen LogP contribution in [0, 0.1) is 12.7 Å². The number of hydrogen-bond acceptors (Lipinski definition) is 6. The SMILES string of the molecule is COc1cc(C(=O)Nc2cccc(C)c2F)ccc1Nc1ncc(Cl)c(-c2cnn(C(C)C)c2)n1. The maximum atomic E-state index is 14.3. The van der Waals surface area contributed by atoms with Gasteiger partial charge in [-0.1, -0.05) is 23.7 Å². The highest BCUT2D eigenvalue weighted by molar-refractivity contribution is 6.32. The molecule has 0 saturated heterocycles. The first-order chi connectivity index (χ1) is 16.8. The zero-order valence-corrected chi connectivity index (χ0v) is 20.4. The fourth-order valence-corrected chi connectivity index (χ4v) is 3.57. The van der Waals surface area contributed by atoms with Crippen LogP contribution >= 0.6 is 11.6 Å². The van der Waals surface area contributed by atoms with E-state index in [0.29, 0.717) is 39.2 Å². The third-order valence-corrected chi connectivity index (χ3v) is 5.57. The monoisotopic (exact) mass is 494 g/mol. The molecule has 10 heteroatoms. The Morgan fingerprint density at radius 2 is 1.97 bits per heavy atom. The summed E-state index contributed by atoms with van der Waals surface area (Å²) >= 11 is 6.34. The number of amides is 1. The van der Waals surface area contributed by atoms with Gasteiger partial charge in [-0.15, -0.1) is 0 Å². The molecule has 0 spiro atoms. The Balaban J connectivity index is 1.57. The second kappa shape index (κ2) is 10.1. The molecular weight excluding hydrogens is 471 g/mol. The number of methoxy groups -OCH3 is 1. The highest BCUT2D eigenvalue weighted by Gasteiger charge is 2.16. The van der Waals surface area contributed by atoms with Crippen LogP contribution in [-0.4, -0.2) is 32.8 Å². The molecule has 0 bridgehead atoms. The summed E-state index contributed by atoms with van der Waals surface area (Å²) in [5.41, 5.74) is 2.68. The largest absolute Gasteiger partial charge is 0.495 e. The molecule has 8 nitrogen and oxygen atoms in total. The quantitative estimate of drug-likeness (QED) is 0.326. The van der Waals surface area contributed by atoms with Crippen LogP contribution in [0.5, 0.6) is 5.75 Å². The van der Waals surface area contributed by atoms with Crippen molar-refractivity contribution in [3.63, 3.8) is 0 Å². The molecule has 2 heterocycles. The molecule has 2 aromatic heterocycles. The van der Waals surface area contributed by atoms with E-state index >= 15 is 0 Å². The lowest BCUT2D eigenvalue weighted by atomic mass is 10.1. The van der Waals surface area contributed by atoms with Crippen molar-refractivity contribution in [1.29, 1.82) is 0 Å². The summed E-state index contributed by atoms with van der Waals surface area (Å²) in [7, 11) is 1.48. The number of rotatable bonds is 7. The Bertz CT molecular complexity index is 1390. The molecular formula is C25H24ClFN6O2. The van der Waals surface area contributed by atoms with Crippen molar-refractivity contribution in [2.45, 2.75) is 26.8 Å². The summed E-state index contributed by atoms with van der Waals surface area (Å²) in [5.74, 6) is -0.263. The number of hydrogen-bond donors (Lipinski definition) is 2. The zero-order valence-electron chi connectivity index (χ0n) is 19.6. The van der Waals surface area contributed by atoms with Crippen LogP contribution < -0.4 is 15.4 Å². The fraction of sp³-hybridized carbons (Fsp3) is 0.200. The van der Waals surface area contributed by atoms with Gasteiger partial charge < -0.3 is 15.4 Å². The van der Waals surface area contributed by atoms with Crippen LogP contribution in [0.4, 0.5) is 21.7 Å². The Hall–Kier alpha value is -3.98. The molecule has 4 rings (SSSR count). The highest BCUT2D eigenvalue weighted by atomic mass is 35.5. The number of nitrogens with one attached hydrogen (secondary N) is 2. The minimum atomic E-state index is -0.472. The molecule has 0 fully saturated rings. The second-order valence-corrected chi connectivity index (χ2v) is 8.53. The predicted molar refractivity (Wildman–Crippen MR) is 134 cm³/mol. The summed E-state index contributed by atoms with van der Waals surface area (Å²) in [6, 6.07) is 9.82. The van der Waals surface area contributed by atoms with E-state index in [4.69, 9.17) is 16.3 Å². The van der Waals surface area contributed by atoms with E-state index in [1.807, 2.05) is 24.7 Å². The molecule has 1 amide bonds. The molecule has 0 saturated carbocycles. The normalized spacial score (nSPS) is 10.9. The third-order valence-electron chi connectivity index (χ3n) is 5.30. The van der Waals surface area contributed by atoms with Crippen LogP contribution in [-0.2, 0) is 0 Å². The highest BCUT2D eigenvalue weighted by Crippen LogP contribution is 2.31. The van der Waals surface area contributed by atoms with Crippen molar-refractivity contribution >= 4 is 34.8 Å². The number of aryl methyl sites for hydroxylation is 1. The molecule has 0 aliphatic rings. The van der Waals surface area contributed by atoms with Crippen molar-refractivity contribution in [1.82, 2.24) is 19.7 Å². The Morgan fingerprint density at radius 1 is 1.17 bits per heavy atom. The summed E-state index contributed by atoms with van der Waals surface area (Å²) in [4.78, 5) is 21.5. The molecule has 0 aliphatic carbocycles. The minimum absolute atomic E-state index is 0.110. The molecule has 4 aromatic rings. The number of ether oxygens (including phenoxy) is 1. The van der Waals surface area contributed by atoms with Gasteiger partial charge in [0.2, 0.25) is 5.95 Å². The van der Waals surface area contributed by atoms with E-state index in [2.05, 4.69) is 25.7 Å². The van der Waals surface area contributed by atoms with Crippen LogP contribution in [0.1, 0.15) is 35.8 Å². The van der Waals surface area contributed by atoms with E-state index in [1.54, 1.807) is 43.5 Å². The van der Waals surface area contributed by atoms with E-state index in [1.165, 1.54) is 19.4 Å². The first-order valence-corrected chi connectivity index (χ1v) is 11.2. The van der Waals surface area contributed by atoms with Gasteiger partial charge in [0.15, 0.2) is 0 Å². The Morgan fingerprint density at radius 3 is 2.69 bits per heavy atom. The van der Waals surface area contributed by atoms with Gasteiger partial charge in [0.1, 0.15) is 11.6 Å². The van der Waals surface area contributed by atoms with Crippen LogP contribution in [0.2, 0.25) is 5.02 Å². The molecule has 180 valence electrons. The third kappa shape index (κ3) is 5.25. The van der Waals surface area contributed by atoms with Gasteiger partial charge in [-0.3, -0.25) is 9.48 Å². The Kier molecular flexibility index (Phi) is 6.97. The van der Waals surface area contributed by atoms with Crippen molar-refractivity contribution < 1.29 is 13.9 Å². The lowest BCUT2D eigenvalue weighted by molar-refractivity contribution is 0.102. The van der Waals surface area contributed by atoms with Gasteiger partial charge in [0.05, 0.1) is 41.6 Å². The second-order valence-electron chi connectivity index (χ2n) is 8.12. The van der Waals surface area contributed by atoms with E-state index in [0.717, 1.165) is 5.56 Å². The first kappa shape index (κ1) is 24.2. The summed E-state index contributed by atoms with van der Waals surface area (Å²) in [6.45, 7) is 5.69. The van der Waals surface area contributed by atoms with Gasteiger partial charge in [-0.25, -0.2) is 14.4 Å². The maximum absolute atomic E-state index is 14.3. The van der Waals surface area contributed by atoms with E-state index in [9.17, 15) is 9.18 Å². The fourth-order valence-electron chi connectivity index (χ4n) is 3.37. The Labute approximate surface area is 207 Å². The van der Waals surface area contributed by atoms with Gasteiger partial charge in [0.25, 0.3) is 5.91 Å². The van der Waals surface area contributed by atoms with Crippen molar-refractivity contribution in [2.24, 2.45) is 0 Å². The lowest BCUT2D eigenvalue weighted by Crippen LogP contribution is -2.13. The van der Waals surface area contributed by atoms with Crippen LogP contribution in [0.15, 0.2) is 55.0 Å². The molecule has 0 radical (unpaired) electrons. The average molecular weight is 495 g/mol. The maximum Gasteiger partial charge on any atom is 0.255 e. The summed E-state index contributed by atoms with van der Waals surface area (Å²) < 4.78 is 21.5. The smallest absolute Gasteiger partial charge is 0.255 e. The minimum Gasteiger partial charge on any atom is -0.495 e. The molecule has 0 atom stereocenters. The number of halogens is 2. The number of benzene rings is 2. The van der Waals surface area contributed by atoms with E-state index in [-0.39, 0.29) is 11.7 Å². The number of anilines is 3. The number of nitrogens with zero attached hydrogens (tertiary/aromatic N) is 4. The number of aromatic nitrogens is 4. The van der Waals surface area contributed by atoms with Gasteiger partial charge in [0, 0.05) is 23.4 Å². The number of carbonyl (C=O) groups is 1.